The summed E-state index contributed by atoms with van der Waals surface area (Å²) in [6, 6.07) is 31.8. The molecule has 0 radical (unpaired) electrons. The highest BCUT2D eigenvalue weighted by Crippen LogP contribution is 2.43. The van der Waals surface area contributed by atoms with Crippen LogP contribution < -0.4 is 31.3 Å². The highest BCUT2D eigenvalue weighted by molar-refractivity contribution is 6.30. The summed E-state index contributed by atoms with van der Waals surface area (Å²) in [6.07, 6.45) is 18.8. The first kappa shape index (κ1) is 76.8. The number of carbonyl (C=O) groups is 1. The summed E-state index contributed by atoms with van der Waals surface area (Å²) in [5.74, 6) is 7.57. The Kier molecular flexibility index (Phi) is 27.8. The van der Waals surface area contributed by atoms with E-state index in [-0.39, 0.29) is 36.1 Å². The van der Waals surface area contributed by atoms with Crippen molar-refractivity contribution in [2.45, 2.75) is 105 Å². The summed E-state index contributed by atoms with van der Waals surface area (Å²) in [5.41, 5.74) is 21.0. The lowest BCUT2D eigenvalue weighted by atomic mass is 9.98. The number of nitrogens with two attached hydrogens (primary N) is 2. The van der Waals surface area contributed by atoms with E-state index < -0.39 is 5.97 Å². The van der Waals surface area contributed by atoms with Crippen LogP contribution in [0.4, 0.5) is 0 Å². The molecule has 28 nitrogen and oxygen atoms in total. The molecule has 102 heavy (non-hydrogen) atoms. The normalized spacial score (nSPS) is 14.7. The summed E-state index contributed by atoms with van der Waals surface area (Å²) in [5, 5.41) is 33.0. The number of ether oxygens (including phenoxy) is 5. The van der Waals surface area contributed by atoms with Crippen LogP contribution >= 0.6 is 23.2 Å². The van der Waals surface area contributed by atoms with Gasteiger partial charge in [-0.1, -0.05) is 47.5 Å². The molecule has 30 heteroatoms. The first-order valence-corrected chi connectivity index (χ1v) is 33.2. The first-order chi connectivity index (χ1) is 49.1. The van der Waals surface area contributed by atoms with Gasteiger partial charge in [-0.3, -0.25) is 30.3 Å². The number of aliphatic imine (C=N–C) groups is 1. The van der Waals surface area contributed by atoms with E-state index in [0.29, 0.717) is 81.3 Å². The number of aryl methyl sites for hydroxylation is 5. The molecule has 1 aliphatic heterocycles. The summed E-state index contributed by atoms with van der Waals surface area (Å²) >= 11 is 11.9. The third-order valence-electron chi connectivity index (χ3n) is 15.6. The van der Waals surface area contributed by atoms with Crippen LogP contribution in [-0.2, 0) is 23.9 Å². The Balaban J connectivity index is 0.000000164. The number of pyridine rings is 4. The molecule has 10 aromatic rings. The largest absolute Gasteiger partial charge is 0.481 e. The molecule has 2 saturated carbocycles. The van der Waals surface area contributed by atoms with Gasteiger partial charge < -0.3 is 52.8 Å². The molecule has 0 bridgehead atoms. The quantitative estimate of drug-likeness (QED) is 0.0264. The zero-order valence-corrected chi connectivity index (χ0v) is 60.0. The number of carboxylic acids is 1. The van der Waals surface area contributed by atoms with Crippen molar-refractivity contribution in [1.82, 2.24) is 63.6 Å². The molecule has 2 unspecified atom stereocenters. The minimum Gasteiger partial charge on any atom is -0.481 e. The number of rotatable bonds is 18. The third kappa shape index (κ3) is 21.3. The molecule has 9 heterocycles. The van der Waals surface area contributed by atoms with Crippen molar-refractivity contribution in [2.75, 3.05) is 34.5 Å². The number of carboxylic acid groups (broad SMARTS) is 1. The molecular weight excluding hydrogens is 1350 g/mol. The number of amidine groups is 1. The Bertz CT molecular complexity index is 4400. The maximum atomic E-state index is 9.00. The maximum absolute atomic E-state index is 9.00. The predicted molar refractivity (Wildman–Crippen MR) is 385 cm³/mol. The first-order valence-electron chi connectivity index (χ1n) is 32.4. The van der Waals surface area contributed by atoms with Crippen LogP contribution in [0.3, 0.4) is 0 Å². The summed E-state index contributed by atoms with van der Waals surface area (Å²) in [4.78, 5) is 59.2. The van der Waals surface area contributed by atoms with Gasteiger partial charge in [0.2, 0.25) is 29.4 Å². The highest BCUT2D eigenvalue weighted by Gasteiger charge is 2.41. The molecule has 0 amide bonds. The van der Waals surface area contributed by atoms with Crippen molar-refractivity contribution >= 4 is 46.8 Å². The molecule has 2 aromatic carbocycles. The number of imidazole rings is 4. The summed E-state index contributed by atoms with van der Waals surface area (Å²) in [6.45, 7) is 15.2. The number of hydroxylamine groups is 1. The van der Waals surface area contributed by atoms with Gasteiger partial charge in [-0.15, -0.1) is 0 Å². The van der Waals surface area contributed by atoms with Crippen LogP contribution in [0.1, 0.15) is 121 Å². The Hall–Kier alpha value is -10.9. The van der Waals surface area contributed by atoms with E-state index in [1.807, 2.05) is 176 Å². The van der Waals surface area contributed by atoms with Gasteiger partial charge in [-0.05, 0) is 170 Å². The Morgan fingerprint density at radius 2 is 1.06 bits per heavy atom. The van der Waals surface area contributed by atoms with E-state index in [1.54, 1.807) is 64.8 Å². The number of methoxy groups -OCH3 is 3. The van der Waals surface area contributed by atoms with Gasteiger partial charge >= 0.3 is 0 Å². The molecule has 0 saturated heterocycles. The predicted octanol–water partition coefficient (Wildman–Crippen LogP) is 11.8. The van der Waals surface area contributed by atoms with Gasteiger partial charge in [0.1, 0.15) is 58.1 Å². The van der Waals surface area contributed by atoms with Crippen molar-refractivity contribution < 1.29 is 43.3 Å². The van der Waals surface area contributed by atoms with Crippen LogP contribution in [0.5, 0.6) is 17.6 Å². The van der Waals surface area contributed by atoms with Crippen LogP contribution in [-0.4, -0.2) is 133 Å². The number of nitriles is 1. The monoisotopic (exact) mass is 1430 g/mol. The molecule has 8 N–H and O–H groups in total. The second kappa shape index (κ2) is 36.9. The number of hydrogen-bond acceptors (Lipinski definition) is 23. The van der Waals surface area contributed by atoms with Crippen LogP contribution in [0.15, 0.2) is 152 Å². The lowest BCUT2D eigenvalue weighted by Gasteiger charge is -2.30. The third-order valence-corrected chi connectivity index (χ3v) is 16.1. The maximum Gasteiger partial charge on any atom is 0.300 e. The Morgan fingerprint density at radius 1 is 0.637 bits per heavy atom. The van der Waals surface area contributed by atoms with Gasteiger partial charge in [0.15, 0.2) is 5.84 Å². The Labute approximate surface area is 601 Å². The fourth-order valence-electron chi connectivity index (χ4n) is 10.3. The number of aromatic nitrogens is 12. The summed E-state index contributed by atoms with van der Waals surface area (Å²) < 4.78 is 33.8. The molecular formula is C72H83Cl2N19O9. The van der Waals surface area contributed by atoms with Gasteiger partial charge in [0.05, 0.1) is 100 Å². The standard InChI is InChI=1S/C22H22ClN5O2.2C13H16N4O2.C11H15ClN2O.C11H10N4.C2H4O2/c1-13-11-28(12-24-13)18-10-9-17(25-22(18)29-2)21-26-19(14-3-4-14)20(30-27-21)15-5-7-16(23)8-6-15;2*1-4-19-12(14)10-5-6-11(13(16-10)18-3)17-7-9(2)15-8-17;12-9-5-3-8(4-6-9)11(15-14)10(13)7-1-2-7;1-8-6-15(7-13-8)11-4-3-10(5-12)14-9(11)2;1-2(3)4/h5-12,14,19-20H,3-4H2,1-2H3,(H,26,27);2*5-8,14H,4H2,1-3H3;3-7,10-11H,1-2,13-14H2;3-4,6-7H,1-2H3;1H3,(H,3,4)/t19-,20?;;;10-,11?;;/m0..0../s1. The smallest absolute Gasteiger partial charge is 0.300 e. The van der Waals surface area contributed by atoms with Crippen LogP contribution in [0.25, 0.3) is 22.7 Å². The van der Waals surface area contributed by atoms with E-state index in [9.17, 15) is 0 Å². The minimum atomic E-state index is -0.833. The number of halogens is 2. The van der Waals surface area contributed by atoms with E-state index in [0.717, 1.165) is 82.1 Å². The van der Waals surface area contributed by atoms with Crippen molar-refractivity contribution in [3.05, 3.63) is 220 Å². The number of nitrogens with one attached hydrogen (secondary N) is 3. The Morgan fingerprint density at radius 3 is 1.44 bits per heavy atom. The number of nitrogens with zero attached hydrogens (tertiary/aromatic N) is 14. The number of benzene rings is 2. The molecule has 2 aliphatic carbocycles. The fraction of sp³-hybridized carbons (Fsp3) is 0.319. The zero-order chi connectivity index (χ0) is 73.6. The second-order valence-electron chi connectivity index (χ2n) is 23.3. The minimum absolute atomic E-state index is 0.0174. The molecule has 13 rings (SSSR count). The van der Waals surface area contributed by atoms with Gasteiger partial charge in [0.25, 0.3) is 5.97 Å². The van der Waals surface area contributed by atoms with Gasteiger partial charge in [-0.2, -0.15) is 5.26 Å². The second-order valence-corrected chi connectivity index (χ2v) is 24.2. The van der Waals surface area contributed by atoms with Crippen LogP contribution in [0.2, 0.25) is 10.0 Å². The van der Waals surface area contributed by atoms with Crippen molar-refractivity contribution in [1.29, 1.82) is 16.1 Å². The van der Waals surface area contributed by atoms with Gasteiger partial charge in [0, 0.05) is 47.8 Å². The molecule has 8 aromatic heterocycles. The molecule has 534 valence electrons. The van der Waals surface area contributed by atoms with Crippen molar-refractivity contribution in [3.8, 4) is 46.5 Å². The SMILES string of the molecule is CC(=O)O.CCOC(=N)c1ccc(-n2cnc(C)c2)c(OC)n1.CCOC(=N)c1ccc(-n2cnc(C)c2)c(OC)n1.COc1nc(C2=N[C@@H](C3CC3)C(c3ccc(Cl)cc3)ON2)ccc1-n1cnc(C)c1.Cc1cn(-c2ccc(C#N)nc2C)cn1.NOC(c1ccc(Cl)cc1)[C@@H](N)C1CC1. The fourth-order valence-corrected chi connectivity index (χ4v) is 10.5. The topological polar surface area (TPSA) is 373 Å². The van der Waals surface area contributed by atoms with E-state index in [4.69, 9.17) is 99.2 Å². The number of hydrogen-bond donors (Lipinski definition) is 6. The average molecular weight is 1430 g/mol. The average Bonchev–Trinajstić information content (AvgIpc) is 1.45. The highest BCUT2D eigenvalue weighted by atomic mass is 35.5. The van der Waals surface area contributed by atoms with Crippen molar-refractivity contribution in [2.24, 2.45) is 28.5 Å². The van der Waals surface area contributed by atoms with Crippen molar-refractivity contribution in [3.63, 3.8) is 0 Å². The molecule has 4 atom stereocenters. The lowest BCUT2D eigenvalue weighted by molar-refractivity contribution is -0.134. The summed E-state index contributed by atoms with van der Waals surface area (Å²) in [7, 11) is 4.70. The lowest BCUT2D eigenvalue weighted by Crippen LogP contribution is -2.39. The van der Waals surface area contributed by atoms with Gasteiger partial charge in [-0.25, -0.2) is 51.2 Å². The van der Waals surface area contributed by atoms with E-state index >= 15 is 0 Å². The zero-order valence-electron chi connectivity index (χ0n) is 58.4. The number of aliphatic carboxylic acids is 1. The van der Waals surface area contributed by atoms with Crippen LogP contribution in [0, 0.1) is 68.6 Å². The molecule has 0 spiro atoms. The van der Waals surface area contributed by atoms with E-state index in [2.05, 4.69) is 45.4 Å². The van der Waals surface area contributed by atoms with E-state index in [1.165, 1.54) is 12.8 Å². The molecule has 3 aliphatic rings. The molecule has 2 fully saturated rings.